The minimum Gasteiger partial charge on any atom is -0.350 e. The van der Waals surface area contributed by atoms with Crippen molar-refractivity contribution in [3.63, 3.8) is 0 Å². The summed E-state index contributed by atoms with van der Waals surface area (Å²) in [4.78, 5) is 13.9. The highest BCUT2D eigenvalue weighted by molar-refractivity contribution is 5.94. The number of alkyl halides is 3. The number of halogens is 4. The van der Waals surface area contributed by atoms with Crippen molar-refractivity contribution in [2.75, 3.05) is 26.3 Å². The van der Waals surface area contributed by atoms with E-state index in [0.29, 0.717) is 32.2 Å². The molecule has 0 radical (unpaired) electrons. The second-order valence-corrected chi connectivity index (χ2v) is 5.93. The number of likely N-dealkylation sites (tertiary alicyclic amines) is 1. The summed E-state index contributed by atoms with van der Waals surface area (Å²) in [6.07, 6.45) is -3.79. The third-order valence-electron chi connectivity index (χ3n) is 4.31. The maximum atomic E-state index is 14.2. The van der Waals surface area contributed by atoms with Gasteiger partial charge in [0.2, 0.25) is 0 Å². The fourth-order valence-corrected chi connectivity index (χ4v) is 3.15. The summed E-state index contributed by atoms with van der Waals surface area (Å²) in [5.41, 5.74) is -1.98. The molecule has 1 amide bonds. The molecule has 2 heterocycles. The van der Waals surface area contributed by atoms with E-state index in [2.05, 4.69) is 0 Å². The van der Waals surface area contributed by atoms with E-state index in [0.717, 1.165) is 18.6 Å². The molecule has 2 saturated heterocycles. The minimum atomic E-state index is -4.84. The van der Waals surface area contributed by atoms with E-state index in [4.69, 9.17) is 9.47 Å². The lowest BCUT2D eigenvalue weighted by Crippen LogP contribution is -2.44. The topological polar surface area (TPSA) is 38.8 Å². The number of carbonyl (C=O) groups excluding carboxylic acids is 1. The normalized spacial score (nSPS) is 22.8. The second kappa shape index (κ2) is 6.68. The summed E-state index contributed by atoms with van der Waals surface area (Å²) >= 11 is 0. The van der Waals surface area contributed by atoms with Gasteiger partial charge in [-0.05, 0) is 25.0 Å². The van der Waals surface area contributed by atoms with Gasteiger partial charge in [0.1, 0.15) is 5.82 Å². The summed E-state index contributed by atoms with van der Waals surface area (Å²) in [6, 6.07) is 2.76. The van der Waals surface area contributed by atoms with Crippen molar-refractivity contribution >= 4 is 5.91 Å². The van der Waals surface area contributed by atoms with Crippen LogP contribution in [0.4, 0.5) is 17.6 Å². The van der Waals surface area contributed by atoms with Crippen LogP contribution >= 0.6 is 0 Å². The summed E-state index contributed by atoms with van der Waals surface area (Å²) in [5.74, 6) is -2.31. The van der Waals surface area contributed by atoms with Gasteiger partial charge < -0.3 is 14.4 Å². The Kier molecular flexibility index (Phi) is 4.78. The summed E-state index contributed by atoms with van der Waals surface area (Å²) in [7, 11) is 0. The van der Waals surface area contributed by atoms with Crippen LogP contribution in [0.15, 0.2) is 18.2 Å². The largest absolute Gasteiger partial charge is 0.419 e. The van der Waals surface area contributed by atoms with E-state index in [1.54, 1.807) is 0 Å². The average Bonchev–Trinajstić information content (AvgIpc) is 3.08. The Bertz CT molecular complexity index is 614. The Balaban J connectivity index is 1.78. The first-order chi connectivity index (χ1) is 11.4. The quantitative estimate of drug-likeness (QED) is 0.772. The molecular formula is C16H17F4NO3. The monoisotopic (exact) mass is 347 g/mol. The van der Waals surface area contributed by atoms with Gasteiger partial charge in [-0.1, -0.05) is 6.07 Å². The van der Waals surface area contributed by atoms with Gasteiger partial charge in [0.05, 0.1) is 24.3 Å². The standard InChI is InChI=1S/C16H17F4NO3/c17-13-11(4-1-5-12(13)16(18,19)20)14(22)21-6-2-3-10(9-21)15-23-7-8-24-15/h1,4-5,10,15H,2-3,6-9H2/t10-/m1/s1. The van der Waals surface area contributed by atoms with Crippen LogP contribution in [0.5, 0.6) is 0 Å². The van der Waals surface area contributed by atoms with Gasteiger partial charge in [-0.25, -0.2) is 4.39 Å². The SMILES string of the molecule is O=C(c1cccc(C(F)(F)F)c1F)N1CCC[C@@H](C2OCCO2)C1. The molecule has 3 rings (SSSR count). The van der Waals surface area contributed by atoms with Gasteiger partial charge in [-0.2, -0.15) is 13.2 Å². The molecule has 0 aromatic heterocycles. The van der Waals surface area contributed by atoms with E-state index in [1.165, 1.54) is 4.90 Å². The van der Waals surface area contributed by atoms with Crippen molar-refractivity contribution < 1.29 is 31.8 Å². The maximum absolute atomic E-state index is 14.2. The van der Waals surface area contributed by atoms with Crippen LogP contribution in [-0.4, -0.2) is 43.4 Å². The molecule has 24 heavy (non-hydrogen) atoms. The zero-order valence-electron chi connectivity index (χ0n) is 12.8. The fraction of sp³-hybridized carbons (Fsp3) is 0.562. The first-order valence-corrected chi connectivity index (χ1v) is 7.76. The Morgan fingerprint density at radius 2 is 1.92 bits per heavy atom. The molecule has 1 aromatic carbocycles. The average molecular weight is 347 g/mol. The Hall–Kier alpha value is -1.67. The van der Waals surface area contributed by atoms with Crippen LogP contribution in [0.2, 0.25) is 0 Å². The molecular weight excluding hydrogens is 330 g/mol. The van der Waals surface area contributed by atoms with Crippen molar-refractivity contribution in [1.82, 2.24) is 4.90 Å². The minimum absolute atomic E-state index is 0.0564. The number of nitrogens with zero attached hydrogens (tertiary/aromatic N) is 1. The summed E-state index contributed by atoms with van der Waals surface area (Å²) in [5, 5.41) is 0. The second-order valence-electron chi connectivity index (χ2n) is 5.93. The highest BCUT2D eigenvalue weighted by Gasteiger charge is 2.38. The molecule has 8 heteroatoms. The van der Waals surface area contributed by atoms with E-state index in [-0.39, 0.29) is 12.5 Å². The lowest BCUT2D eigenvalue weighted by molar-refractivity contribution is -0.140. The maximum Gasteiger partial charge on any atom is 0.419 e. The molecule has 4 nitrogen and oxygen atoms in total. The predicted molar refractivity (Wildman–Crippen MR) is 75.7 cm³/mol. The molecule has 2 aliphatic heterocycles. The van der Waals surface area contributed by atoms with Crippen molar-refractivity contribution in [3.05, 3.63) is 35.1 Å². The summed E-state index contributed by atoms with van der Waals surface area (Å²) in [6.45, 7) is 1.62. The Morgan fingerprint density at radius 1 is 1.21 bits per heavy atom. The van der Waals surface area contributed by atoms with Crippen LogP contribution in [0.3, 0.4) is 0 Å². The molecule has 0 N–H and O–H groups in total. The molecule has 132 valence electrons. The van der Waals surface area contributed by atoms with Crippen LogP contribution in [0.1, 0.15) is 28.8 Å². The lowest BCUT2D eigenvalue weighted by atomic mass is 9.96. The van der Waals surface area contributed by atoms with E-state index < -0.39 is 35.3 Å². The molecule has 1 aromatic rings. The van der Waals surface area contributed by atoms with Gasteiger partial charge in [-0.15, -0.1) is 0 Å². The number of carbonyl (C=O) groups is 1. The highest BCUT2D eigenvalue weighted by Crippen LogP contribution is 2.33. The fourth-order valence-electron chi connectivity index (χ4n) is 3.15. The zero-order chi connectivity index (χ0) is 17.3. The molecule has 2 aliphatic rings. The Morgan fingerprint density at radius 3 is 2.58 bits per heavy atom. The number of piperidine rings is 1. The first-order valence-electron chi connectivity index (χ1n) is 7.76. The van der Waals surface area contributed by atoms with Crippen molar-refractivity contribution in [2.45, 2.75) is 25.3 Å². The Labute approximate surface area is 136 Å². The van der Waals surface area contributed by atoms with Gasteiger partial charge >= 0.3 is 6.18 Å². The van der Waals surface area contributed by atoms with Crippen LogP contribution in [0.25, 0.3) is 0 Å². The molecule has 0 unspecified atom stereocenters. The molecule has 2 fully saturated rings. The number of hydrogen-bond acceptors (Lipinski definition) is 3. The first kappa shape index (κ1) is 17.2. The van der Waals surface area contributed by atoms with Crippen LogP contribution in [0, 0.1) is 11.7 Å². The number of rotatable bonds is 2. The van der Waals surface area contributed by atoms with Crippen LogP contribution in [-0.2, 0) is 15.7 Å². The van der Waals surface area contributed by atoms with Crippen molar-refractivity contribution in [1.29, 1.82) is 0 Å². The van der Waals surface area contributed by atoms with E-state index in [1.807, 2.05) is 0 Å². The lowest BCUT2D eigenvalue weighted by Gasteiger charge is -2.34. The van der Waals surface area contributed by atoms with Gasteiger partial charge in [0.15, 0.2) is 6.29 Å². The third-order valence-corrected chi connectivity index (χ3v) is 4.31. The molecule has 0 bridgehead atoms. The zero-order valence-corrected chi connectivity index (χ0v) is 12.8. The molecule has 1 atom stereocenters. The number of ether oxygens (including phenoxy) is 2. The smallest absolute Gasteiger partial charge is 0.350 e. The van der Waals surface area contributed by atoms with Gasteiger partial charge in [0, 0.05) is 19.0 Å². The van der Waals surface area contributed by atoms with E-state index >= 15 is 0 Å². The highest BCUT2D eigenvalue weighted by atomic mass is 19.4. The predicted octanol–water partition coefficient (Wildman–Crippen LogP) is 3.07. The van der Waals surface area contributed by atoms with Gasteiger partial charge in [0.25, 0.3) is 5.91 Å². The summed E-state index contributed by atoms with van der Waals surface area (Å²) < 4.78 is 63.4. The van der Waals surface area contributed by atoms with Crippen molar-refractivity contribution in [2.24, 2.45) is 5.92 Å². The van der Waals surface area contributed by atoms with Crippen LogP contribution < -0.4 is 0 Å². The van der Waals surface area contributed by atoms with Crippen molar-refractivity contribution in [3.8, 4) is 0 Å². The number of benzene rings is 1. The number of hydrogen-bond donors (Lipinski definition) is 0. The van der Waals surface area contributed by atoms with Gasteiger partial charge in [-0.3, -0.25) is 4.79 Å². The molecule has 0 aliphatic carbocycles. The molecule has 0 saturated carbocycles. The molecule has 0 spiro atoms. The van der Waals surface area contributed by atoms with E-state index in [9.17, 15) is 22.4 Å². The third kappa shape index (κ3) is 3.39. The number of amides is 1.